The van der Waals surface area contributed by atoms with Crippen molar-refractivity contribution in [2.45, 2.75) is 0 Å². The van der Waals surface area contributed by atoms with E-state index in [-0.39, 0.29) is 5.75 Å². The summed E-state index contributed by atoms with van der Waals surface area (Å²) in [5.41, 5.74) is 0.312. The lowest BCUT2D eigenvalue weighted by Gasteiger charge is -1.94. The summed E-state index contributed by atoms with van der Waals surface area (Å²) in [6, 6.07) is 4.92. The first kappa shape index (κ1) is 7.35. The van der Waals surface area contributed by atoms with Crippen molar-refractivity contribution in [2.75, 3.05) is 0 Å². The van der Waals surface area contributed by atoms with Gasteiger partial charge in [-0.3, -0.25) is 0 Å². The third-order valence-electron chi connectivity index (χ3n) is 1.06. The molecule has 0 aromatic heterocycles. The summed E-state index contributed by atoms with van der Waals surface area (Å²) in [6.07, 6.45) is 0. The van der Waals surface area contributed by atoms with Crippen molar-refractivity contribution in [3.05, 3.63) is 33.2 Å². The van der Waals surface area contributed by atoms with Crippen LogP contribution in [0.5, 0.6) is 5.75 Å². The number of benzene rings is 1. The van der Waals surface area contributed by atoms with Crippen molar-refractivity contribution in [3.63, 3.8) is 0 Å². The highest BCUT2D eigenvalue weighted by atomic mass is 127. The Hall–Kier alpha value is -0.760. The van der Waals surface area contributed by atoms with E-state index in [9.17, 15) is 0 Å². The molecule has 2 nitrogen and oxygen atoms in total. The molecular weight excluding hydrogens is 241 g/mol. The van der Waals surface area contributed by atoms with Crippen LogP contribution in [0.4, 0.5) is 5.69 Å². The number of hydrogen-bond acceptors (Lipinski definition) is 1. The monoisotopic (exact) mass is 245 g/mol. The third-order valence-corrected chi connectivity index (χ3v) is 1.73. The Morgan fingerprint density at radius 2 is 2.20 bits per heavy atom. The maximum absolute atomic E-state index is 9.02. The van der Waals surface area contributed by atoms with Crippen molar-refractivity contribution in [1.29, 1.82) is 0 Å². The van der Waals surface area contributed by atoms with Gasteiger partial charge in [0.25, 0.3) is 0 Å². The Labute approximate surface area is 72.5 Å². The zero-order valence-corrected chi connectivity index (χ0v) is 7.16. The van der Waals surface area contributed by atoms with E-state index >= 15 is 0 Å². The van der Waals surface area contributed by atoms with Gasteiger partial charge in [0, 0.05) is 3.57 Å². The van der Waals surface area contributed by atoms with Crippen LogP contribution in [-0.4, -0.2) is 5.11 Å². The normalized spacial score (nSPS) is 8.80. The number of halogens is 1. The predicted molar refractivity (Wildman–Crippen MR) is 47.1 cm³/mol. The highest BCUT2D eigenvalue weighted by Gasteiger charge is 1.98. The molecular formula is C7H4INO. The van der Waals surface area contributed by atoms with E-state index < -0.39 is 0 Å². The van der Waals surface area contributed by atoms with Gasteiger partial charge >= 0.3 is 0 Å². The molecule has 3 heteroatoms. The molecule has 0 aliphatic heterocycles. The second-order valence-corrected chi connectivity index (χ2v) is 2.99. The molecule has 0 amide bonds. The summed E-state index contributed by atoms with van der Waals surface area (Å²) in [5.74, 6) is 0.0513. The molecule has 1 aromatic rings. The molecule has 1 rings (SSSR count). The molecule has 0 aliphatic rings. The van der Waals surface area contributed by atoms with Crippen LogP contribution < -0.4 is 0 Å². The molecule has 0 saturated carbocycles. The molecule has 1 aromatic carbocycles. The Morgan fingerprint density at radius 3 is 2.70 bits per heavy atom. The number of phenolic OH excluding ortho intramolecular Hbond substituents is 1. The van der Waals surface area contributed by atoms with Gasteiger partial charge in [0.2, 0.25) is 5.69 Å². The number of hydrogen-bond donors (Lipinski definition) is 1. The fourth-order valence-electron chi connectivity index (χ4n) is 0.586. The smallest absolute Gasteiger partial charge is 0.228 e. The van der Waals surface area contributed by atoms with E-state index in [2.05, 4.69) is 27.4 Å². The molecule has 50 valence electrons. The second-order valence-electron chi connectivity index (χ2n) is 1.74. The first-order valence-corrected chi connectivity index (χ1v) is 3.68. The zero-order valence-electron chi connectivity index (χ0n) is 5.00. The van der Waals surface area contributed by atoms with Gasteiger partial charge in [-0.05, 0) is 40.8 Å². The van der Waals surface area contributed by atoms with E-state index in [1.54, 1.807) is 12.1 Å². The average molecular weight is 245 g/mol. The van der Waals surface area contributed by atoms with Crippen LogP contribution >= 0.6 is 22.6 Å². The van der Waals surface area contributed by atoms with Crippen molar-refractivity contribution >= 4 is 28.3 Å². The number of rotatable bonds is 0. The third kappa shape index (κ3) is 1.39. The van der Waals surface area contributed by atoms with Crippen LogP contribution in [0.1, 0.15) is 0 Å². The van der Waals surface area contributed by atoms with Crippen LogP contribution in [0.15, 0.2) is 18.2 Å². The van der Waals surface area contributed by atoms with Gasteiger partial charge in [-0.25, -0.2) is 4.85 Å². The number of phenols is 1. The lowest BCUT2D eigenvalue weighted by atomic mass is 10.3. The molecule has 0 heterocycles. The molecule has 0 fully saturated rings. The maximum atomic E-state index is 9.02. The molecule has 10 heavy (non-hydrogen) atoms. The summed E-state index contributed by atoms with van der Waals surface area (Å²) in [5, 5.41) is 9.02. The Morgan fingerprint density at radius 1 is 1.50 bits per heavy atom. The Balaban J connectivity index is 3.25. The minimum atomic E-state index is 0.0513. The first-order valence-electron chi connectivity index (χ1n) is 2.60. The zero-order chi connectivity index (χ0) is 7.56. The van der Waals surface area contributed by atoms with E-state index in [1.807, 2.05) is 0 Å². The highest BCUT2D eigenvalue weighted by Crippen LogP contribution is 2.27. The topological polar surface area (TPSA) is 24.6 Å². The molecule has 0 aliphatic carbocycles. The van der Waals surface area contributed by atoms with Crippen LogP contribution in [0, 0.1) is 10.1 Å². The van der Waals surface area contributed by atoms with Crippen molar-refractivity contribution in [1.82, 2.24) is 0 Å². The molecule has 0 atom stereocenters. The van der Waals surface area contributed by atoms with E-state index in [4.69, 9.17) is 11.7 Å². The van der Waals surface area contributed by atoms with Crippen LogP contribution in [0.25, 0.3) is 4.85 Å². The first-order chi connectivity index (χ1) is 4.74. The second kappa shape index (κ2) is 2.88. The van der Waals surface area contributed by atoms with Gasteiger partial charge in [0.15, 0.2) is 0 Å². The quantitative estimate of drug-likeness (QED) is 0.551. The number of nitrogens with zero attached hydrogens (tertiary/aromatic N) is 1. The highest BCUT2D eigenvalue weighted by molar-refractivity contribution is 14.1. The van der Waals surface area contributed by atoms with Gasteiger partial charge in [-0.1, -0.05) is 0 Å². The number of aromatic hydroxyl groups is 1. The van der Waals surface area contributed by atoms with Gasteiger partial charge < -0.3 is 5.11 Å². The lowest BCUT2D eigenvalue weighted by Crippen LogP contribution is -1.68. The summed E-state index contributed by atoms with van der Waals surface area (Å²) in [6.45, 7) is 6.64. The predicted octanol–water partition coefficient (Wildman–Crippen LogP) is 2.55. The largest absolute Gasteiger partial charge is 0.519 e. The molecule has 0 saturated heterocycles. The maximum Gasteiger partial charge on any atom is 0.228 e. The standard InChI is InChI=1S/C7H4INO/c1-9-6-4-5(8)2-3-7(6)10/h2-4,10H. The fourth-order valence-corrected chi connectivity index (χ4v) is 1.06. The molecule has 0 radical (unpaired) electrons. The average Bonchev–Trinajstić information content (AvgIpc) is 1.94. The fraction of sp³-hybridized carbons (Fsp3) is 0. The van der Waals surface area contributed by atoms with Gasteiger partial charge in [-0.15, -0.1) is 0 Å². The Bertz CT molecular complexity index is 290. The molecule has 0 unspecified atom stereocenters. The van der Waals surface area contributed by atoms with Gasteiger partial charge in [0.05, 0.1) is 6.57 Å². The van der Waals surface area contributed by atoms with Crippen LogP contribution in [0.3, 0.4) is 0 Å². The van der Waals surface area contributed by atoms with Crippen molar-refractivity contribution in [3.8, 4) is 5.75 Å². The molecule has 1 N–H and O–H groups in total. The SMILES string of the molecule is [C-]#[N+]c1cc(I)ccc1O. The molecule has 0 bridgehead atoms. The van der Waals surface area contributed by atoms with E-state index in [0.29, 0.717) is 5.69 Å². The molecule has 0 spiro atoms. The van der Waals surface area contributed by atoms with Crippen molar-refractivity contribution < 1.29 is 5.11 Å². The van der Waals surface area contributed by atoms with Crippen molar-refractivity contribution in [2.24, 2.45) is 0 Å². The van der Waals surface area contributed by atoms with Crippen LogP contribution in [-0.2, 0) is 0 Å². The summed E-state index contributed by atoms with van der Waals surface area (Å²) >= 11 is 2.09. The summed E-state index contributed by atoms with van der Waals surface area (Å²) < 4.78 is 0.960. The van der Waals surface area contributed by atoms with E-state index in [0.717, 1.165) is 3.57 Å². The lowest BCUT2D eigenvalue weighted by molar-refractivity contribution is 0.478. The van der Waals surface area contributed by atoms with Gasteiger partial charge in [0.1, 0.15) is 5.75 Å². The van der Waals surface area contributed by atoms with E-state index in [1.165, 1.54) is 6.07 Å². The van der Waals surface area contributed by atoms with Crippen LogP contribution in [0.2, 0.25) is 0 Å². The minimum absolute atomic E-state index is 0.0513. The van der Waals surface area contributed by atoms with Gasteiger partial charge in [-0.2, -0.15) is 0 Å². The Kier molecular flexibility index (Phi) is 2.12. The summed E-state index contributed by atoms with van der Waals surface area (Å²) in [4.78, 5) is 3.13. The summed E-state index contributed by atoms with van der Waals surface area (Å²) in [7, 11) is 0. The minimum Gasteiger partial charge on any atom is -0.519 e.